The average molecular weight is 158 g/mol. The number of nitrogens with two attached hydrogens (primary N) is 1. The van der Waals surface area contributed by atoms with Gasteiger partial charge in [0.25, 0.3) is 0 Å². The highest BCUT2D eigenvalue weighted by Crippen LogP contribution is 2.09. The number of likely N-dealkylation sites (tertiary alicyclic amines) is 1. The lowest BCUT2D eigenvalue weighted by atomic mass is 10.1. The third-order valence-electron chi connectivity index (χ3n) is 2.03. The van der Waals surface area contributed by atoms with Crippen molar-refractivity contribution in [2.45, 2.75) is 31.9 Å². The van der Waals surface area contributed by atoms with E-state index < -0.39 is 0 Å². The molecule has 0 aromatic heterocycles. The van der Waals surface area contributed by atoms with E-state index >= 15 is 0 Å². The molecule has 2 atom stereocenters. The maximum absolute atomic E-state index is 9.31. The van der Waals surface area contributed by atoms with Gasteiger partial charge in [-0.15, -0.1) is 0 Å². The quantitative estimate of drug-likeness (QED) is 0.584. The topological polar surface area (TPSA) is 49.5 Å². The zero-order valence-electron chi connectivity index (χ0n) is 7.16. The highest BCUT2D eigenvalue weighted by Gasteiger charge is 2.17. The first-order valence-corrected chi connectivity index (χ1v) is 4.34. The molecule has 1 fully saturated rings. The Morgan fingerprint density at radius 1 is 1.73 bits per heavy atom. The molecule has 0 saturated carbocycles. The minimum atomic E-state index is -0.123. The molecule has 0 aliphatic carbocycles. The molecule has 11 heavy (non-hydrogen) atoms. The predicted molar refractivity (Wildman–Crippen MR) is 45.3 cm³/mol. The third kappa shape index (κ3) is 3.18. The highest BCUT2D eigenvalue weighted by molar-refractivity contribution is 4.73. The Hall–Kier alpha value is -0.120. The van der Waals surface area contributed by atoms with Gasteiger partial charge in [-0.3, -0.25) is 4.90 Å². The van der Waals surface area contributed by atoms with Crippen LogP contribution in [0, 0.1) is 0 Å². The normalized spacial score (nSPS) is 30.3. The van der Waals surface area contributed by atoms with Crippen LogP contribution in [0.25, 0.3) is 0 Å². The molecule has 0 aromatic rings. The summed E-state index contributed by atoms with van der Waals surface area (Å²) in [6.45, 7) is 4.82. The monoisotopic (exact) mass is 158 g/mol. The molecular formula is C8H18N2O. The van der Waals surface area contributed by atoms with Crippen LogP contribution in [-0.4, -0.2) is 41.8 Å². The molecule has 1 heterocycles. The molecule has 0 spiro atoms. The lowest BCUT2D eigenvalue weighted by molar-refractivity contribution is 0.0685. The second-order valence-corrected chi connectivity index (χ2v) is 3.53. The van der Waals surface area contributed by atoms with Gasteiger partial charge in [0.2, 0.25) is 0 Å². The molecule has 0 aromatic carbocycles. The first-order valence-electron chi connectivity index (χ1n) is 4.34. The van der Waals surface area contributed by atoms with Crippen molar-refractivity contribution in [3.63, 3.8) is 0 Å². The summed E-state index contributed by atoms with van der Waals surface area (Å²) in [5.74, 6) is 0. The molecule has 1 aliphatic rings. The van der Waals surface area contributed by atoms with E-state index in [0.29, 0.717) is 0 Å². The summed E-state index contributed by atoms with van der Waals surface area (Å²) in [6, 6.07) is 0.222. The van der Waals surface area contributed by atoms with Crippen LogP contribution < -0.4 is 5.73 Å². The van der Waals surface area contributed by atoms with Crippen molar-refractivity contribution in [2.24, 2.45) is 5.73 Å². The van der Waals surface area contributed by atoms with E-state index in [4.69, 9.17) is 5.73 Å². The van der Waals surface area contributed by atoms with Crippen LogP contribution in [0.1, 0.15) is 19.8 Å². The number of nitrogens with zero attached hydrogens (tertiary/aromatic N) is 1. The fourth-order valence-corrected chi connectivity index (χ4v) is 1.60. The van der Waals surface area contributed by atoms with Crippen molar-refractivity contribution >= 4 is 0 Å². The first-order chi connectivity index (χ1) is 5.18. The number of piperidine rings is 1. The molecule has 66 valence electrons. The van der Waals surface area contributed by atoms with Crippen molar-refractivity contribution in [3.8, 4) is 0 Å². The van der Waals surface area contributed by atoms with Crippen LogP contribution >= 0.6 is 0 Å². The standard InChI is InChI=1S/C8H18N2O/c1-7(9)5-10-4-2-3-8(11)6-10/h7-8,11H,2-6,9H2,1H3. The molecule has 0 amide bonds. The van der Waals surface area contributed by atoms with Gasteiger partial charge in [-0.1, -0.05) is 0 Å². The molecule has 3 heteroatoms. The summed E-state index contributed by atoms with van der Waals surface area (Å²) in [4.78, 5) is 2.23. The number of aliphatic hydroxyl groups excluding tert-OH is 1. The molecule has 0 bridgehead atoms. The lowest BCUT2D eigenvalue weighted by Crippen LogP contribution is -2.43. The molecule has 1 saturated heterocycles. The van der Waals surface area contributed by atoms with Crippen LogP contribution in [0.3, 0.4) is 0 Å². The van der Waals surface area contributed by atoms with Crippen LogP contribution in [0.15, 0.2) is 0 Å². The smallest absolute Gasteiger partial charge is 0.0667 e. The van der Waals surface area contributed by atoms with Crippen molar-refractivity contribution in [1.82, 2.24) is 4.90 Å². The molecule has 2 unspecified atom stereocenters. The minimum Gasteiger partial charge on any atom is -0.392 e. The second-order valence-electron chi connectivity index (χ2n) is 3.53. The van der Waals surface area contributed by atoms with Gasteiger partial charge in [0, 0.05) is 19.1 Å². The summed E-state index contributed by atoms with van der Waals surface area (Å²) >= 11 is 0. The predicted octanol–water partition coefficient (Wildman–Crippen LogP) is -0.210. The van der Waals surface area contributed by atoms with Crippen molar-refractivity contribution in [1.29, 1.82) is 0 Å². The second kappa shape index (κ2) is 4.04. The molecule has 3 N–H and O–H groups in total. The average Bonchev–Trinajstić information content (AvgIpc) is 1.85. The van der Waals surface area contributed by atoms with Gasteiger partial charge < -0.3 is 10.8 Å². The highest BCUT2D eigenvalue weighted by atomic mass is 16.3. The van der Waals surface area contributed by atoms with Gasteiger partial charge in [0.1, 0.15) is 0 Å². The Morgan fingerprint density at radius 3 is 3.00 bits per heavy atom. The van der Waals surface area contributed by atoms with E-state index in [9.17, 15) is 5.11 Å². The van der Waals surface area contributed by atoms with Gasteiger partial charge in [-0.05, 0) is 26.3 Å². The summed E-state index contributed by atoms with van der Waals surface area (Å²) in [7, 11) is 0. The number of hydrogen-bond acceptors (Lipinski definition) is 3. The van der Waals surface area contributed by atoms with Crippen LogP contribution in [0.5, 0.6) is 0 Å². The lowest BCUT2D eigenvalue weighted by Gasteiger charge is -2.30. The fraction of sp³-hybridized carbons (Fsp3) is 1.00. The van der Waals surface area contributed by atoms with E-state index in [0.717, 1.165) is 32.5 Å². The van der Waals surface area contributed by atoms with Crippen LogP contribution in [0.2, 0.25) is 0 Å². The fourth-order valence-electron chi connectivity index (χ4n) is 1.60. The summed E-state index contributed by atoms with van der Waals surface area (Å²) < 4.78 is 0. The summed E-state index contributed by atoms with van der Waals surface area (Å²) in [5, 5.41) is 9.31. The Bertz CT molecular complexity index is 115. The summed E-state index contributed by atoms with van der Waals surface area (Å²) in [5.41, 5.74) is 5.65. The first kappa shape index (κ1) is 8.97. The van der Waals surface area contributed by atoms with Gasteiger partial charge >= 0.3 is 0 Å². The maximum Gasteiger partial charge on any atom is 0.0667 e. The van der Waals surface area contributed by atoms with E-state index in [1.165, 1.54) is 0 Å². The zero-order chi connectivity index (χ0) is 8.27. The van der Waals surface area contributed by atoms with Gasteiger partial charge in [-0.2, -0.15) is 0 Å². The van der Waals surface area contributed by atoms with E-state index in [2.05, 4.69) is 4.90 Å². The Morgan fingerprint density at radius 2 is 2.45 bits per heavy atom. The van der Waals surface area contributed by atoms with Crippen molar-refractivity contribution < 1.29 is 5.11 Å². The van der Waals surface area contributed by atoms with E-state index in [1.807, 2.05) is 6.92 Å². The largest absolute Gasteiger partial charge is 0.392 e. The number of β-amino-alcohol motifs (C(OH)–C–C–N with tert-alkyl or cyclic N) is 1. The molecule has 3 nitrogen and oxygen atoms in total. The number of rotatable bonds is 2. The van der Waals surface area contributed by atoms with Gasteiger partial charge in [0.05, 0.1) is 6.10 Å². The number of hydrogen-bond donors (Lipinski definition) is 2. The SMILES string of the molecule is CC(N)CN1CCCC(O)C1. The minimum absolute atomic E-state index is 0.123. The van der Waals surface area contributed by atoms with Crippen molar-refractivity contribution in [2.75, 3.05) is 19.6 Å². The van der Waals surface area contributed by atoms with Crippen LogP contribution in [-0.2, 0) is 0 Å². The Kier molecular flexibility index (Phi) is 3.30. The Labute approximate surface area is 68.2 Å². The molecule has 1 rings (SSSR count). The molecule has 1 aliphatic heterocycles. The molecule has 0 radical (unpaired) electrons. The van der Waals surface area contributed by atoms with Crippen LogP contribution in [0.4, 0.5) is 0 Å². The number of aliphatic hydroxyl groups is 1. The van der Waals surface area contributed by atoms with Gasteiger partial charge in [0.15, 0.2) is 0 Å². The molecular weight excluding hydrogens is 140 g/mol. The third-order valence-corrected chi connectivity index (χ3v) is 2.03. The van der Waals surface area contributed by atoms with Crippen molar-refractivity contribution in [3.05, 3.63) is 0 Å². The van der Waals surface area contributed by atoms with Gasteiger partial charge in [-0.25, -0.2) is 0 Å². The van der Waals surface area contributed by atoms with E-state index in [1.54, 1.807) is 0 Å². The zero-order valence-corrected chi connectivity index (χ0v) is 7.16. The Balaban J connectivity index is 2.23. The van der Waals surface area contributed by atoms with E-state index in [-0.39, 0.29) is 12.1 Å². The maximum atomic E-state index is 9.31. The summed E-state index contributed by atoms with van der Waals surface area (Å²) in [6.07, 6.45) is 1.94.